The molecule has 27 heavy (non-hydrogen) atoms. The van der Waals surface area contributed by atoms with Crippen molar-refractivity contribution in [1.29, 1.82) is 0 Å². The number of nitrogens with zero attached hydrogens (tertiary/aromatic N) is 2. The second-order valence-electron chi connectivity index (χ2n) is 8.32. The summed E-state index contributed by atoms with van der Waals surface area (Å²) < 4.78 is 0.950. The summed E-state index contributed by atoms with van der Waals surface area (Å²) in [6.07, 6.45) is 8.67. The van der Waals surface area contributed by atoms with Gasteiger partial charge in [-0.1, -0.05) is 0 Å². The van der Waals surface area contributed by atoms with Crippen LogP contribution in [0.25, 0.3) is 0 Å². The van der Waals surface area contributed by atoms with Crippen LogP contribution in [0.1, 0.15) is 37.9 Å². The number of quaternary nitrogens is 1. The molecule has 0 saturated carbocycles. The summed E-state index contributed by atoms with van der Waals surface area (Å²) in [6, 6.07) is 4.33. The van der Waals surface area contributed by atoms with Crippen molar-refractivity contribution in [2.45, 2.75) is 32.2 Å². The van der Waals surface area contributed by atoms with Crippen molar-refractivity contribution in [2.75, 3.05) is 27.7 Å². The zero-order chi connectivity index (χ0) is 19.6. The van der Waals surface area contributed by atoms with Crippen LogP contribution in [0.15, 0.2) is 58.0 Å². The van der Waals surface area contributed by atoms with Gasteiger partial charge in [0.15, 0.2) is 0 Å². The van der Waals surface area contributed by atoms with Crippen LogP contribution in [0.3, 0.4) is 0 Å². The number of aliphatic imine (C=N–C) groups is 1. The van der Waals surface area contributed by atoms with E-state index in [-0.39, 0.29) is 11.8 Å². The number of carbonyl (C=O) groups is 1. The summed E-state index contributed by atoms with van der Waals surface area (Å²) in [7, 11) is 6.63. The molecule has 0 amide bonds. The second-order valence-corrected chi connectivity index (χ2v) is 8.32. The highest BCUT2D eigenvalue weighted by Gasteiger charge is 2.26. The van der Waals surface area contributed by atoms with Crippen LogP contribution in [0.5, 0.6) is 0 Å². The summed E-state index contributed by atoms with van der Waals surface area (Å²) in [4.78, 5) is 18.8. The van der Waals surface area contributed by atoms with E-state index in [4.69, 9.17) is 0 Å². The number of hydrogen-bond acceptors (Lipinski definition) is 3. The predicted molar refractivity (Wildman–Crippen MR) is 107 cm³/mol. The van der Waals surface area contributed by atoms with Crippen molar-refractivity contribution < 1.29 is 14.4 Å². The molecule has 0 bridgehead atoms. The standard InChI is InChI=1S/C21H28N4O2/c1-14-11-20(21(26)27)23-17(14)13-18-15(7-6-10-25(2,3)4)12-19(24-18)16-8-5-9-22-16/h5,8-9,11,13,19,22,24H,6-7,10,12H2,1-4H3/p+1/b17-13-. The van der Waals surface area contributed by atoms with Gasteiger partial charge in [0.2, 0.25) is 0 Å². The molecule has 1 atom stereocenters. The fourth-order valence-electron chi connectivity index (χ4n) is 3.51. The number of H-pyrrole nitrogens is 1. The van der Waals surface area contributed by atoms with Gasteiger partial charge >= 0.3 is 5.97 Å². The Morgan fingerprint density at radius 1 is 1.41 bits per heavy atom. The van der Waals surface area contributed by atoms with Gasteiger partial charge in [-0.25, -0.2) is 9.79 Å². The molecule has 0 fully saturated rings. The Bertz CT molecular complexity index is 836. The average Bonchev–Trinajstić information content (AvgIpc) is 3.28. The molecule has 0 radical (unpaired) electrons. The number of carboxylic acid groups (broad SMARTS) is 1. The Morgan fingerprint density at radius 3 is 2.78 bits per heavy atom. The number of rotatable bonds is 7. The Morgan fingerprint density at radius 2 is 2.19 bits per heavy atom. The van der Waals surface area contributed by atoms with Crippen molar-refractivity contribution in [3.05, 3.63) is 58.7 Å². The average molecular weight is 369 g/mol. The largest absolute Gasteiger partial charge is 0.477 e. The Labute approximate surface area is 160 Å². The fraction of sp³-hybridized carbons (Fsp3) is 0.429. The molecular weight excluding hydrogens is 340 g/mol. The first-order valence-corrected chi connectivity index (χ1v) is 9.37. The van der Waals surface area contributed by atoms with Crippen LogP contribution < -0.4 is 5.32 Å². The minimum Gasteiger partial charge on any atom is -0.477 e. The molecule has 144 valence electrons. The number of aliphatic carboxylic acids is 1. The molecule has 6 nitrogen and oxygen atoms in total. The van der Waals surface area contributed by atoms with Gasteiger partial charge in [-0.05, 0) is 55.2 Å². The van der Waals surface area contributed by atoms with Crippen LogP contribution in [-0.2, 0) is 4.79 Å². The number of allylic oxidation sites excluding steroid dienone is 2. The van der Waals surface area contributed by atoms with Crippen LogP contribution in [-0.4, -0.2) is 53.9 Å². The molecule has 3 heterocycles. The van der Waals surface area contributed by atoms with Gasteiger partial charge in [0.25, 0.3) is 0 Å². The Hall–Kier alpha value is -2.60. The third kappa shape index (κ3) is 4.77. The maximum atomic E-state index is 11.2. The number of carboxylic acids is 1. The number of nitrogens with one attached hydrogen (secondary N) is 2. The highest BCUT2D eigenvalue weighted by Crippen LogP contribution is 2.34. The monoisotopic (exact) mass is 369 g/mol. The zero-order valence-corrected chi connectivity index (χ0v) is 16.5. The molecule has 1 unspecified atom stereocenters. The van der Waals surface area contributed by atoms with Gasteiger partial charge in [0.1, 0.15) is 5.71 Å². The van der Waals surface area contributed by atoms with Crippen molar-refractivity contribution in [2.24, 2.45) is 4.99 Å². The zero-order valence-electron chi connectivity index (χ0n) is 16.5. The number of aromatic nitrogens is 1. The topological polar surface area (TPSA) is 77.5 Å². The number of hydrogen-bond donors (Lipinski definition) is 3. The van der Waals surface area contributed by atoms with E-state index in [1.165, 1.54) is 11.3 Å². The van der Waals surface area contributed by atoms with Crippen LogP contribution in [0.4, 0.5) is 0 Å². The lowest BCUT2D eigenvalue weighted by Crippen LogP contribution is -2.35. The van der Waals surface area contributed by atoms with E-state index < -0.39 is 5.97 Å². The first-order valence-electron chi connectivity index (χ1n) is 9.37. The van der Waals surface area contributed by atoms with Crippen LogP contribution >= 0.6 is 0 Å². The van der Waals surface area contributed by atoms with E-state index in [0.29, 0.717) is 0 Å². The van der Waals surface area contributed by atoms with E-state index in [1.54, 1.807) is 6.08 Å². The molecule has 0 saturated heterocycles. The molecule has 3 rings (SSSR count). The normalized spacial score (nSPS) is 21.5. The molecule has 0 aliphatic carbocycles. The summed E-state index contributed by atoms with van der Waals surface area (Å²) in [5.74, 6) is -0.987. The van der Waals surface area contributed by atoms with Gasteiger partial charge in [0, 0.05) is 24.0 Å². The lowest BCUT2D eigenvalue weighted by atomic mass is 10.0. The predicted octanol–water partition coefficient (Wildman–Crippen LogP) is 3.16. The molecule has 2 aliphatic heterocycles. The molecule has 3 N–H and O–H groups in total. The van der Waals surface area contributed by atoms with Crippen molar-refractivity contribution in [3.8, 4) is 0 Å². The minimum absolute atomic E-state index is 0.102. The molecule has 0 spiro atoms. The van der Waals surface area contributed by atoms with E-state index in [2.05, 4.69) is 42.5 Å². The minimum atomic E-state index is -0.987. The van der Waals surface area contributed by atoms with Gasteiger partial charge in [-0.2, -0.15) is 0 Å². The van der Waals surface area contributed by atoms with Crippen LogP contribution in [0.2, 0.25) is 0 Å². The SMILES string of the molecule is CC1=CC(C(=O)O)=N/C1=C\C1=C(CCC[N+](C)(C)C)CC(c2ccc[nH]2)N1. The third-order valence-corrected chi connectivity index (χ3v) is 4.96. The highest BCUT2D eigenvalue weighted by atomic mass is 16.4. The van der Waals surface area contributed by atoms with Crippen molar-refractivity contribution in [1.82, 2.24) is 10.3 Å². The van der Waals surface area contributed by atoms with Gasteiger partial charge < -0.3 is 19.9 Å². The molecule has 6 heteroatoms. The van der Waals surface area contributed by atoms with E-state index in [9.17, 15) is 9.90 Å². The van der Waals surface area contributed by atoms with Gasteiger partial charge in [-0.3, -0.25) is 0 Å². The lowest BCUT2D eigenvalue weighted by Gasteiger charge is -2.23. The molecular formula is C21H29N4O2+. The van der Waals surface area contributed by atoms with Crippen molar-refractivity contribution in [3.63, 3.8) is 0 Å². The first kappa shape index (κ1) is 19.2. The van der Waals surface area contributed by atoms with Crippen molar-refractivity contribution >= 4 is 11.7 Å². The molecule has 1 aromatic rings. The summed E-state index contributed by atoms with van der Waals surface area (Å²) in [5.41, 5.74) is 5.34. The molecule has 2 aliphatic rings. The summed E-state index contributed by atoms with van der Waals surface area (Å²) >= 11 is 0. The second kappa shape index (κ2) is 7.56. The Balaban J connectivity index is 1.82. The summed E-state index contributed by atoms with van der Waals surface area (Å²) in [6.45, 7) is 3.01. The smallest absolute Gasteiger partial charge is 0.354 e. The van der Waals surface area contributed by atoms with Gasteiger partial charge in [0.05, 0.1) is 39.4 Å². The molecule has 0 aromatic carbocycles. The quantitative estimate of drug-likeness (QED) is 0.646. The number of aromatic amines is 1. The summed E-state index contributed by atoms with van der Waals surface area (Å²) in [5, 5.41) is 12.8. The van der Waals surface area contributed by atoms with E-state index in [1.807, 2.05) is 25.3 Å². The lowest BCUT2D eigenvalue weighted by molar-refractivity contribution is -0.870. The Kier molecular flexibility index (Phi) is 5.37. The van der Waals surface area contributed by atoms with E-state index in [0.717, 1.165) is 47.3 Å². The van der Waals surface area contributed by atoms with Gasteiger partial charge in [-0.15, -0.1) is 0 Å². The third-order valence-electron chi connectivity index (χ3n) is 4.96. The fourth-order valence-corrected chi connectivity index (χ4v) is 3.51. The highest BCUT2D eigenvalue weighted by molar-refractivity contribution is 6.41. The molecule has 1 aromatic heterocycles. The van der Waals surface area contributed by atoms with E-state index >= 15 is 0 Å². The maximum Gasteiger partial charge on any atom is 0.354 e. The first-order chi connectivity index (χ1) is 12.7. The maximum absolute atomic E-state index is 11.2. The van der Waals surface area contributed by atoms with Crippen LogP contribution in [0, 0.1) is 0 Å².